The van der Waals surface area contributed by atoms with Crippen LogP contribution >= 0.6 is 0 Å². The van der Waals surface area contributed by atoms with Crippen molar-refractivity contribution in [2.24, 2.45) is 0 Å². The number of hydrogen-bond donors (Lipinski definition) is 0. The van der Waals surface area contributed by atoms with E-state index in [9.17, 15) is 21.4 Å². The molecule has 0 unspecified atom stereocenters. The van der Waals surface area contributed by atoms with E-state index >= 15 is 0 Å². The van der Waals surface area contributed by atoms with Crippen LogP contribution in [0, 0.1) is 0 Å². The van der Waals surface area contributed by atoms with Gasteiger partial charge in [0.25, 0.3) is 0 Å². The third kappa shape index (κ3) is 8.65. The van der Waals surface area contributed by atoms with Gasteiger partial charge in [-0.1, -0.05) is 0 Å². The third-order valence-electron chi connectivity index (χ3n) is 3.37. The molecule has 0 aromatic rings. The predicted molar refractivity (Wildman–Crippen MR) is 70.6 cm³/mol. The fraction of sp³-hybridized carbons (Fsp3) is 1.00. The monoisotopic (exact) mass is 320 g/mol. The molecule has 0 spiro atoms. The molecule has 0 atom stereocenters. The van der Waals surface area contributed by atoms with Gasteiger partial charge in [0.2, 0.25) is 0 Å². The minimum atomic E-state index is -4.13. The van der Waals surface area contributed by atoms with Crippen molar-refractivity contribution in [1.82, 2.24) is 0 Å². The van der Waals surface area contributed by atoms with Crippen LogP contribution in [-0.4, -0.2) is 51.4 Å². The second-order valence-corrected chi connectivity index (χ2v) is 8.92. The molecule has 1 saturated carbocycles. The zero-order valence-corrected chi connectivity index (χ0v) is 13.7. The first-order chi connectivity index (χ1) is 8.68. The van der Waals surface area contributed by atoms with E-state index in [1.54, 1.807) is 0 Å². The summed E-state index contributed by atoms with van der Waals surface area (Å²) in [5.74, 6) is -0.350. The zero-order valence-electron chi connectivity index (χ0n) is 12.1. The normalized spacial score (nSPS) is 24.1. The van der Waals surface area contributed by atoms with Gasteiger partial charge in [-0.2, -0.15) is 0 Å². The van der Waals surface area contributed by atoms with Crippen LogP contribution in [0.3, 0.4) is 0 Å². The van der Waals surface area contributed by atoms with Crippen molar-refractivity contribution >= 4 is 20.0 Å². The van der Waals surface area contributed by atoms with E-state index in [0.29, 0.717) is 32.3 Å². The second-order valence-electron chi connectivity index (χ2n) is 5.07. The first kappa shape index (κ1) is 20.4. The maximum atomic E-state index is 11.4. The van der Waals surface area contributed by atoms with Crippen LogP contribution in [-0.2, 0) is 24.7 Å². The van der Waals surface area contributed by atoms with Crippen LogP contribution < -0.4 is 18.9 Å². The van der Waals surface area contributed by atoms with Crippen LogP contribution in [0.2, 0.25) is 0 Å². The van der Waals surface area contributed by atoms with Gasteiger partial charge in [0.1, 0.15) is 9.84 Å². The number of rotatable bonds is 7. The number of unbranched alkanes of at least 4 members (excludes halogenated alkanes) is 1. The first-order valence-corrected chi connectivity index (χ1v) is 9.96. The molecular weight excluding hydrogens is 299 g/mol. The van der Waals surface area contributed by atoms with E-state index in [1.807, 2.05) is 0 Å². The van der Waals surface area contributed by atoms with E-state index in [4.69, 9.17) is 4.74 Å². The van der Waals surface area contributed by atoms with Gasteiger partial charge in [-0.25, -0.2) is 16.8 Å². The Hall–Kier alpha value is 0.417. The molecule has 1 aliphatic rings. The van der Waals surface area contributed by atoms with Crippen molar-refractivity contribution in [2.75, 3.05) is 18.6 Å². The molecule has 114 valence electrons. The van der Waals surface area contributed by atoms with E-state index in [0.717, 1.165) is 12.8 Å². The average Bonchev–Trinajstić information content (AvgIpc) is 2.26. The Bertz CT molecular complexity index is 465. The van der Waals surface area contributed by atoms with Crippen molar-refractivity contribution < 1.29 is 45.0 Å². The van der Waals surface area contributed by atoms with Gasteiger partial charge >= 0.3 is 18.9 Å². The Balaban J connectivity index is 0.00000361. The summed E-state index contributed by atoms with van der Waals surface area (Å²) >= 11 is 0. The van der Waals surface area contributed by atoms with E-state index in [2.05, 4.69) is 0 Å². The molecule has 1 rings (SSSR count). The standard InChI is InChI=1S/C11H22O6S2.Li/c1-18(12,13)11-6-4-10(5-7-11)17-8-2-3-9-19(14,15)16;/h10-11H,2-9H2,1H3,(H,14,15,16);/q;+1/p-1. The Morgan fingerprint density at radius 2 is 1.60 bits per heavy atom. The summed E-state index contributed by atoms with van der Waals surface area (Å²) < 4.78 is 59.4. The molecule has 0 radical (unpaired) electrons. The molecule has 0 amide bonds. The Morgan fingerprint density at radius 1 is 1.05 bits per heavy atom. The molecule has 0 N–H and O–H groups in total. The van der Waals surface area contributed by atoms with E-state index in [1.165, 1.54) is 6.26 Å². The molecule has 6 nitrogen and oxygen atoms in total. The zero-order chi connectivity index (χ0) is 14.5. The largest absolute Gasteiger partial charge is 1.00 e. The van der Waals surface area contributed by atoms with Crippen LogP contribution in [0.4, 0.5) is 0 Å². The van der Waals surface area contributed by atoms with Crippen LogP contribution in [0.1, 0.15) is 38.5 Å². The maximum Gasteiger partial charge on any atom is 1.00 e. The molecule has 1 aliphatic carbocycles. The van der Waals surface area contributed by atoms with Crippen LogP contribution in [0.25, 0.3) is 0 Å². The summed E-state index contributed by atoms with van der Waals surface area (Å²) in [5.41, 5.74) is 0. The molecule has 0 aliphatic heterocycles. The van der Waals surface area contributed by atoms with Crippen LogP contribution in [0.5, 0.6) is 0 Å². The predicted octanol–water partition coefficient (Wildman–Crippen LogP) is -2.31. The maximum absolute atomic E-state index is 11.4. The van der Waals surface area contributed by atoms with Gasteiger partial charge in [-0.15, -0.1) is 0 Å². The SMILES string of the molecule is CS(=O)(=O)C1CCC(OCCCCS(=O)(=O)[O-])CC1.[Li+]. The molecule has 0 saturated heterocycles. The second kappa shape index (κ2) is 8.76. The molecule has 0 aromatic carbocycles. The molecule has 1 fully saturated rings. The summed E-state index contributed by atoms with van der Waals surface area (Å²) in [4.78, 5) is 0. The summed E-state index contributed by atoms with van der Waals surface area (Å²) in [6.45, 7) is 0.420. The van der Waals surface area contributed by atoms with E-state index < -0.39 is 20.0 Å². The van der Waals surface area contributed by atoms with E-state index in [-0.39, 0.29) is 36.0 Å². The molecule has 0 bridgehead atoms. The number of hydrogen-bond acceptors (Lipinski definition) is 6. The minimum Gasteiger partial charge on any atom is -0.748 e. The fourth-order valence-electron chi connectivity index (χ4n) is 2.26. The fourth-order valence-corrected chi connectivity index (χ4v) is 3.94. The van der Waals surface area contributed by atoms with Gasteiger partial charge in [-0.05, 0) is 38.5 Å². The van der Waals surface area contributed by atoms with Gasteiger partial charge < -0.3 is 9.29 Å². The van der Waals surface area contributed by atoms with Gasteiger partial charge in [0, 0.05) is 18.6 Å². The smallest absolute Gasteiger partial charge is 0.748 e. The molecular formula is C11H21LiO6S2. The van der Waals surface area contributed by atoms with Crippen molar-refractivity contribution in [2.45, 2.75) is 49.9 Å². The Kier molecular flexibility index (Phi) is 8.94. The summed E-state index contributed by atoms with van der Waals surface area (Å²) in [6, 6.07) is 0. The average molecular weight is 320 g/mol. The third-order valence-corrected chi connectivity index (χ3v) is 5.84. The topological polar surface area (TPSA) is 101 Å². The van der Waals surface area contributed by atoms with Gasteiger partial charge in [0.15, 0.2) is 0 Å². The Morgan fingerprint density at radius 3 is 2.05 bits per heavy atom. The number of ether oxygens (including phenoxy) is 1. The van der Waals surface area contributed by atoms with Gasteiger partial charge in [0.05, 0.1) is 21.5 Å². The van der Waals surface area contributed by atoms with Crippen LogP contribution in [0.15, 0.2) is 0 Å². The van der Waals surface area contributed by atoms with Crippen molar-refractivity contribution in [3.63, 3.8) is 0 Å². The molecule has 0 aromatic heterocycles. The summed E-state index contributed by atoms with van der Waals surface area (Å²) in [5, 5.41) is -0.252. The number of sulfone groups is 1. The molecule has 9 heteroatoms. The Labute approximate surface area is 133 Å². The van der Waals surface area contributed by atoms with Gasteiger partial charge in [-0.3, -0.25) is 0 Å². The first-order valence-electron chi connectivity index (χ1n) is 6.42. The summed E-state index contributed by atoms with van der Waals surface area (Å²) in [6.07, 6.45) is 4.86. The quantitative estimate of drug-likeness (QED) is 0.297. The molecule has 20 heavy (non-hydrogen) atoms. The van der Waals surface area contributed by atoms with Crippen molar-refractivity contribution in [3.05, 3.63) is 0 Å². The summed E-state index contributed by atoms with van der Waals surface area (Å²) in [7, 11) is -7.08. The minimum absolute atomic E-state index is 0. The molecule has 0 heterocycles. The van der Waals surface area contributed by atoms with Crippen molar-refractivity contribution in [1.29, 1.82) is 0 Å². The van der Waals surface area contributed by atoms with Crippen molar-refractivity contribution in [3.8, 4) is 0 Å².